The van der Waals surface area contributed by atoms with Gasteiger partial charge in [-0.25, -0.2) is 0 Å². The second-order valence-corrected chi connectivity index (χ2v) is 9.43. The molecule has 0 saturated carbocycles. The first kappa shape index (κ1) is 28.4. The maximum absolute atomic E-state index is 13.8. The van der Waals surface area contributed by atoms with E-state index < -0.39 is 11.8 Å². The average Bonchev–Trinajstić information content (AvgIpc) is 3.41. The third-order valence-corrected chi connectivity index (χ3v) is 6.75. The summed E-state index contributed by atoms with van der Waals surface area (Å²) in [4.78, 5) is 26.3. The summed E-state index contributed by atoms with van der Waals surface area (Å²) < 4.78 is 14.2. The van der Waals surface area contributed by atoms with Crippen LogP contribution in [0.4, 0.5) is 0 Å². The van der Waals surface area contributed by atoms with Crippen LogP contribution in [-0.4, -0.2) is 20.5 Å². The number of hydrogen-bond acceptors (Lipinski definition) is 7. The molecule has 8 heteroatoms. The number of ether oxygens (including phenoxy) is 1. The standard InChI is InChI=1S/C31H24N2O4S.Na/c1-20-7-9-21(10-8-20)17-26(29(31(35)36)24-13-16-27-28(18-24)33-38-32-27)30(34)23-11-14-25(15-12-23)37-19-22-5-3-2-4-6-22;/h2-16,18H,17,19H2,1H3,(H,35,36);/q;+1/p-1. The Morgan fingerprint density at radius 3 is 2.15 bits per heavy atom. The van der Waals surface area contributed by atoms with Gasteiger partial charge in [0.2, 0.25) is 0 Å². The van der Waals surface area contributed by atoms with E-state index in [9.17, 15) is 14.7 Å². The molecule has 0 fully saturated rings. The summed E-state index contributed by atoms with van der Waals surface area (Å²) in [5.74, 6) is -1.21. The van der Waals surface area contributed by atoms with E-state index in [2.05, 4.69) is 8.75 Å². The largest absolute Gasteiger partial charge is 1.00 e. The molecular weight excluding hydrogens is 519 g/mol. The second-order valence-electron chi connectivity index (χ2n) is 8.90. The van der Waals surface area contributed by atoms with Crippen LogP contribution in [0, 0.1) is 6.92 Å². The van der Waals surface area contributed by atoms with Gasteiger partial charge in [-0.3, -0.25) is 4.79 Å². The molecule has 4 aromatic carbocycles. The molecule has 0 N–H and O–H groups in total. The number of ketones is 1. The minimum absolute atomic E-state index is 0. The molecule has 0 atom stereocenters. The number of hydrogen-bond donors (Lipinski definition) is 0. The molecule has 1 heterocycles. The zero-order valence-corrected chi connectivity index (χ0v) is 24.4. The summed E-state index contributed by atoms with van der Waals surface area (Å²) in [6.07, 6.45) is 0.127. The Balaban J connectivity index is 0.00000353. The number of carbonyl (C=O) groups is 2. The van der Waals surface area contributed by atoms with Crippen molar-refractivity contribution < 1.29 is 49.0 Å². The molecule has 0 unspecified atom stereocenters. The molecule has 5 aromatic rings. The summed E-state index contributed by atoms with van der Waals surface area (Å²) >= 11 is 1.04. The van der Waals surface area contributed by atoms with Crippen molar-refractivity contribution in [1.29, 1.82) is 0 Å². The van der Waals surface area contributed by atoms with Crippen molar-refractivity contribution >= 4 is 40.1 Å². The van der Waals surface area contributed by atoms with E-state index in [1.54, 1.807) is 42.5 Å². The number of aliphatic carboxylic acids is 1. The summed E-state index contributed by atoms with van der Waals surface area (Å²) in [5.41, 5.74) is 4.82. The molecule has 6 nitrogen and oxygen atoms in total. The van der Waals surface area contributed by atoms with Gasteiger partial charge >= 0.3 is 29.6 Å². The van der Waals surface area contributed by atoms with Gasteiger partial charge in [-0.15, -0.1) is 0 Å². The molecule has 1 aromatic heterocycles. The van der Waals surface area contributed by atoms with Gasteiger partial charge in [-0.2, -0.15) is 8.75 Å². The monoisotopic (exact) mass is 542 g/mol. The average molecular weight is 543 g/mol. The van der Waals surface area contributed by atoms with Gasteiger partial charge in [0.25, 0.3) is 0 Å². The second kappa shape index (κ2) is 13.0. The predicted molar refractivity (Wildman–Crippen MR) is 146 cm³/mol. The van der Waals surface area contributed by atoms with Crippen LogP contribution in [-0.2, 0) is 17.8 Å². The van der Waals surface area contributed by atoms with Crippen LogP contribution in [0.1, 0.15) is 32.6 Å². The number of rotatable bonds is 9. The third-order valence-electron chi connectivity index (χ3n) is 6.19. The van der Waals surface area contributed by atoms with E-state index in [0.717, 1.165) is 28.4 Å². The minimum atomic E-state index is -1.43. The predicted octanol–water partition coefficient (Wildman–Crippen LogP) is 2.21. The molecule has 0 spiro atoms. The number of carboxylic acids is 1. The Labute approximate surface area is 252 Å². The number of benzene rings is 4. The van der Waals surface area contributed by atoms with E-state index in [-0.39, 0.29) is 47.1 Å². The Morgan fingerprint density at radius 1 is 0.795 bits per heavy atom. The number of aromatic nitrogens is 2. The number of carboxylic acid groups (broad SMARTS) is 1. The van der Waals surface area contributed by atoms with Crippen LogP contribution >= 0.6 is 11.7 Å². The Hall–Kier alpha value is -3.62. The van der Waals surface area contributed by atoms with Gasteiger partial charge in [-0.1, -0.05) is 66.2 Å². The Bertz CT molecular complexity index is 1630. The first-order chi connectivity index (χ1) is 18.5. The van der Waals surface area contributed by atoms with Gasteiger partial charge < -0.3 is 14.6 Å². The molecule has 0 bridgehead atoms. The quantitative estimate of drug-likeness (QED) is 0.161. The fraction of sp³-hybridized carbons (Fsp3) is 0.0968. The molecule has 188 valence electrons. The van der Waals surface area contributed by atoms with E-state index >= 15 is 0 Å². The van der Waals surface area contributed by atoms with Gasteiger partial charge in [0.05, 0.1) is 17.7 Å². The van der Waals surface area contributed by atoms with Crippen LogP contribution in [0.2, 0.25) is 0 Å². The van der Waals surface area contributed by atoms with E-state index in [4.69, 9.17) is 4.74 Å². The van der Waals surface area contributed by atoms with Crippen molar-refractivity contribution in [1.82, 2.24) is 8.75 Å². The summed E-state index contributed by atoms with van der Waals surface area (Å²) in [5, 5.41) is 12.5. The van der Waals surface area contributed by atoms with E-state index in [1.807, 2.05) is 61.5 Å². The molecular formula is C31H23N2NaO4S. The number of fused-ring (bicyclic) bond motifs is 1. The zero-order chi connectivity index (χ0) is 26.5. The van der Waals surface area contributed by atoms with Crippen molar-refractivity contribution in [3.05, 3.63) is 130 Å². The molecule has 0 aliphatic carbocycles. The van der Waals surface area contributed by atoms with Crippen molar-refractivity contribution in [2.75, 3.05) is 0 Å². The smallest absolute Gasteiger partial charge is 0.545 e. The number of allylic oxidation sites excluding steroid dienone is 1. The summed E-state index contributed by atoms with van der Waals surface area (Å²) in [6.45, 7) is 2.37. The Kier molecular flexibility index (Phi) is 9.43. The molecule has 0 aliphatic rings. The van der Waals surface area contributed by atoms with Crippen LogP contribution in [0.3, 0.4) is 0 Å². The van der Waals surface area contributed by atoms with Crippen LogP contribution in [0.5, 0.6) is 5.75 Å². The van der Waals surface area contributed by atoms with Gasteiger partial charge in [0.15, 0.2) is 5.78 Å². The Morgan fingerprint density at radius 2 is 1.46 bits per heavy atom. The number of carbonyl (C=O) groups excluding carboxylic acids is 2. The van der Waals surface area contributed by atoms with Crippen molar-refractivity contribution in [2.45, 2.75) is 20.0 Å². The van der Waals surface area contributed by atoms with Crippen LogP contribution < -0.4 is 39.4 Å². The fourth-order valence-corrected chi connectivity index (χ4v) is 4.68. The maximum Gasteiger partial charge on any atom is 1.00 e. The molecule has 5 rings (SSSR count). The fourth-order valence-electron chi connectivity index (χ4n) is 4.16. The van der Waals surface area contributed by atoms with Crippen LogP contribution in [0.15, 0.2) is 103 Å². The first-order valence-electron chi connectivity index (χ1n) is 12.0. The first-order valence-corrected chi connectivity index (χ1v) is 12.7. The zero-order valence-electron chi connectivity index (χ0n) is 21.6. The van der Waals surface area contributed by atoms with Gasteiger partial charge in [-0.05, 0) is 60.0 Å². The molecule has 0 radical (unpaired) electrons. The molecule has 0 aliphatic heterocycles. The van der Waals surface area contributed by atoms with E-state index in [0.29, 0.717) is 34.5 Å². The van der Waals surface area contributed by atoms with Crippen molar-refractivity contribution in [3.8, 4) is 5.75 Å². The molecule has 0 amide bonds. The van der Waals surface area contributed by atoms with Crippen molar-refractivity contribution in [2.24, 2.45) is 0 Å². The summed E-state index contributed by atoms with van der Waals surface area (Å²) in [6, 6.07) is 29.1. The number of nitrogens with zero attached hydrogens (tertiary/aromatic N) is 2. The topological polar surface area (TPSA) is 92.2 Å². The summed E-state index contributed by atoms with van der Waals surface area (Å²) in [7, 11) is 0. The SMILES string of the molecule is Cc1ccc(CC(C(=O)c2ccc(OCc3ccccc3)cc2)=C(C(=O)[O-])c2ccc3nsnc3c2)cc1.[Na+]. The van der Waals surface area contributed by atoms with Gasteiger partial charge in [0.1, 0.15) is 23.4 Å². The van der Waals surface area contributed by atoms with E-state index in [1.165, 1.54) is 0 Å². The molecule has 0 saturated heterocycles. The third kappa shape index (κ3) is 6.88. The number of aryl methyl sites for hydroxylation is 1. The maximum atomic E-state index is 13.8. The normalized spacial score (nSPS) is 11.4. The van der Waals surface area contributed by atoms with Crippen LogP contribution in [0.25, 0.3) is 16.6 Å². The molecule has 39 heavy (non-hydrogen) atoms. The van der Waals surface area contributed by atoms with Crippen molar-refractivity contribution in [3.63, 3.8) is 0 Å². The minimum Gasteiger partial charge on any atom is -0.545 e. The number of Topliss-reactive ketones (excluding diaryl/α,β-unsaturated/α-hetero) is 1. The van der Waals surface area contributed by atoms with Gasteiger partial charge in [0, 0.05) is 23.1 Å².